The molecule has 10 heteroatoms. The molecule has 0 amide bonds. The smallest absolute Gasteiger partial charge is 0.406 e. The SMILES string of the molecule is COCCn1ccc2c(-c3cn[nH]c3)cn(-c3ccc(OC(F)(F)F)cc3)c(=O)c21. The van der Waals surface area contributed by atoms with Crippen LogP contribution in [-0.4, -0.2) is 39.4 Å². The van der Waals surface area contributed by atoms with Gasteiger partial charge in [0.15, 0.2) is 0 Å². The highest BCUT2D eigenvalue weighted by atomic mass is 19.4. The first-order valence-electron chi connectivity index (χ1n) is 8.96. The molecule has 0 fully saturated rings. The van der Waals surface area contributed by atoms with E-state index in [2.05, 4.69) is 14.9 Å². The number of hydrogen-bond acceptors (Lipinski definition) is 4. The van der Waals surface area contributed by atoms with Crippen LogP contribution in [-0.2, 0) is 11.3 Å². The van der Waals surface area contributed by atoms with Gasteiger partial charge in [0.25, 0.3) is 5.56 Å². The van der Waals surface area contributed by atoms with Gasteiger partial charge in [-0.1, -0.05) is 0 Å². The summed E-state index contributed by atoms with van der Waals surface area (Å²) >= 11 is 0. The predicted octanol–water partition coefficient (Wildman–Crippen LogP) is 3.73. The molecule has 4 aromatic rings. The number of halogens is 3. The molecule has 0 unspecified atom stereocenters. The van der Waals surface area contributed by atoms with E-state index in [1.165, 1.54) is 28.8 Å². The lowest BCUT2D eigenvalue weighted by atomic mass is 10.1. The maximum Gasteiger partial charge on any atom is 0.573 e. The summed E-state index contributed by atoms with van der Waals surface area (Å²) < 4.78 is 49.5. The summed E-state index contributed by atoms with van der Waals surface area (Å²) in [4.78, 5) is 13.3. The quantitative estimate of drug-likeness (QED) is 0.518. The summed E-state index contributed by atoms with van der Waals surface area (Å²) in [5.74, 6) is -0.362. The number of fused-ring (bicyclic) bond motifs is 1. The maximum atomic E-state index is 13.3. The zero-order valence-electron chi connectivity index (χ0n) is 15.8. The van der Waals surface area contributed by atoms with Gasteiger partial charge in [0.1, 0.15) is 11.3 Å². The summed E-state index contributed by atoms with van der Waals surface area (Å²) in [5, 5.41) is 7.46. The van der Waals surface area contributed by atoms with Gasteiger partial charge in [-0.15, -0.1) is 13.2 Å². The zero-order chi connectivity index (χ0) is 21.3. The van der Waals surface area contributed by atoms with Crippen LogP contribution in [0.4, 0.5) is 13.2 Å². The molecule has 0 aliphatic rings. The minimum atomic E-state index is -4.78. The van der Waals surface area contributed by atoms with Gasteiger partial charge in [0.05, 0.1) is 12.8 Å². The number of alkyl halides is 3. The van der Waals surface area contributed by atoms with E-state index in [-0.39, 0.29) is 11.3 Å². The number of hydrogen-bond donors (Lipinski definition) is 1. The Morgan fingerprint density at radius 3 is 2.57 bits per heavy atom. The summed E-state index contributed by atoms with van der Waals surface area (Å²) in [6.07, 6.45) is 2.01. The molecule has 1 aromatic carbocycles. The highest BCUT2D eigenvalue weighted by Crippen LogP contribution is 2.29. The Balaban J connectivity index is 1.87. The van der Waals surface area contributed by atoms with Gasteiger partial charge in [0, 0.05) is 54.4 Å². The second-order valence-corrected chi connectivity index (χ2v) is 6.51. The number of H-pyrrole nitrogens is 1. The number of pyridine rings is 1. The van der Waals surface area contributed by atoms with Crippen molar-refractivity contribution < 1.29 is 22.6 Å². The normalized spacial score (nSPS) is 11.9. The predicted molar refractivity (Wildman–Crippen MR) is 104 cm³/mol. The fourth-order valence-electron chi connectivity index (χ4n) is 3.30. The van der Waals surface area contributed by atoms with Crippen molar-refractivity contribution in [3.05, 3.63) is 65.5 Å². The van der Waals surface area contributed by atoms with Gasteiger partial charge in [-0.2, -0.15) is 5.10 Å². The van der Waals surface area contributed by atoms with Crippen molar-refractivity contribution in [3.8, 4) is 22.6 Å². The van der Waals surface area contributed by atoms with E-state index in [4.69, 9.17) is 4.74 Å². The molecule has 0 bridgehead atoms. The average Bonchev–Trinajstić information content (AvgIpc) is 3.37. The van der Waals surface area contributed by atoms with Crippen molar-refractivity contribution in [2.24, 2.45) is 0 Å². The third-order valence-electron chi connectivity index (χ3n) is 4.63. The van der Waals surface area contributed by atoms with Crippen molar-refractivity contribution in [1.29, 1.82) is 0 Å². The van der Waals surface area contributed by atoms with Gasteiger partial charge >= 0.3 is 6.36 Å². The van der Waals surface area contributed by atoms with Crippen LogP contribution in [0.25, 0.3) is 27.7 Å². The van der Waals surface area contributed by atoms with Crippen molar-refractivity contribution >= 4 is 10.9 Å². The van der Waals surface area contributed by atoms with Crippen LogP contribution in [0.1, 0.15) is 0 Å². The Bertz CT molecular complexity index is 1210. The van der Waals surface area contributed by atoms with Crippen LogP contribution in [0, 0.1) is 0 Å². The number of nitrogens with zero attached hydrogens (tertiary/aromatic N) is 3. The highest BCUT2D eigenvalue weighted by molar-refractivity contribution is 5.94. The van der Waals surface area contributed by atoms with Crippen molar-refractivity contribution in [2.75, 3.05) is 13.7 Å². The lowest BCUT2D eigenvalue weighted by molar-refractivity contribution is -0.274. The minimum absolute atomic E-state index is 0.303. The van der Waals surface area contributed by atoms with Crippen molar-refractivity contribution in [1.82, 2.24) is 19.3 Å². The van der Waals surface area contributed by atoms with Crippen molar-refractivity contribution in [2.45, 2.75) is 12.9 Å². The summed E-state index contributed by atoms with van der Waals surface area (Å²) in [6, 6.07) is 6.98. The molecule has 0 saturated carbocycles. The number of nitrogens with one attached hydrogen (secondary N) is 1. The molecule has 30 heavy (non-hydrogen) atoms. The molecule has 3 heterocycles. The minimum Gasteiger partial charge on any atom is -0.406 e. The van der Waals surface area contributed by atoms with E-state index in [1.807, 2.05) is 6.07 Å². The second kappa shape index (κ2) is 7.71. The lowest BCUT2D eigenvalue weighted by Gasteiger charge is -2.13. The maximum absolute atomic E-state index is 13.3. The highest BCUT2D eigenvalue weighted by Gasteiger charge is 2.31. The molecule has 4 rings (SSSR count). The van der Waals surface area contributed by atoms with Crippen LogP contribution in [0.5, 0.6) is 5.75 Å². The van der Waals surface area contributed by atoms with E-state index in [9.17, 15) is 18.0 Å². The van der Waals surface area contributed by atoms with Gasteiger partial charge in [0.2, 0.25) is 0 Å². The topological polar surface area (TPSA) is 74.1 Å². The van der Waals surface area contributed by atoms with E-state index in [0.717, 1.165) is 16.5 Å². The third-order valence-corrected chi connectivity index (χ3v) is 4.63. The Hall–Kier alpha value is -3.53. The molecule has 3 aromatic heterocycles. The standard InChI is InChI=1S/C20H17F3N4O3/c1-29-9-8-26-7-6-16-17(13-10-24-25-11-13)12-27(19(28)18(16)26)14-2-4-15(5-3-14)30-20(21,22)23/h2-7,10-12H,8-9H2,1H3,(H,24,25). The number of benzene rings is 1. The molecular formula is C20H17F3N4O3. The summed E-state index contributed by atoms with van der Waals surface area (Å²) in [7, 11) is 1.57. The molecule has 0 aliphatic heterocycles. The number of rotatable bonds is 6. The third kappa shape index (κ3) is 3.81. The Morgan fingerprint density at radius 2 is 1.93 bits per heavy atom. The molecular weight excluding hydrogens is 401 g/mol. The van der Waals surface area contributed by atoms with Gasteiger partial charge in [-0.3, -0.25) is 14.5 Å². The molecule has 0 saturated heterocycles. The number of ether oxygens (including phenoxy) is 2. The fourth-order valence-corrected chi connectivity index (χ4v) is 3.30. The van der Waals surface area contributed by atoms with E-state index in [0.29, 0.717) is 24.4 Å². The first-order chi connectivity index (χ1) is 14.4. The number of aromatic amines is 1. The largest absolute Gasteiger partial charge is 0.573 e. The van der Waals surface area contributed by atoms with Crippen LogP contribution in [0.3, 0.4) is 0 Å². The molecule has 0 spiro atoms. The summed E-state index contributed by atoms with van der Waals surface area (Å²) in [5.41, 5.74) is 2.09. The fraction of sp³-hybridized carbons (Fsp3) is 0.200. The first-order valence-corrected chi connectivity index (χ1v) is 8.96. The second-order valence-electron chi connectivity index (χ2n) is 6.51. The van der Waals surface area contributed by atoms with Crippen LogP contribution < -0.4 is 10.3 Å². The Kier molecular flexibility index (Phi) is 5.08. The van der Waals surface area contributed by atoms with E-state index < -0.39 is 6.36 Å². The molecule has 0 aliphatic carbocycles. The molecule has 7 nitrogen and oxygen atoms in total. The molecule has 0 radical (unpaired) electrons. The Labute approximate surface area is 168 Å². The van der Waals surface area contributed by atoms with E-state index >= 15 is 0 Å². The van der Waals surface area contributed by atoms with Gasteiger partial charge in [-0.05, 0) is 30.3 Å². The van der Waals surface area contributed by atoms with Gasteiger partial charge in [-0.25, -0.2) is 0 Å². The first kappa shape index (κ1) is 19.8. The van der Waals surface area contributed by atoms with Crippen molar-refractivity contribution in [3.63, 3.8) is 0 Å². The van der Waals surface area contributed by atoms with Gasteiger partial charge < -0.3 is 14.0 Å². The van der Waals surface area contributed by atoms with E-state index in [1.54, 1.807) is 36.5 Å². The average molecular weight is 418 g/mol. The van der Waals surface area contributed by atoms with Crippen LogP contribution in [0.2, 0.25) is 0 Å². The molecule has 1 N–H and O–H groups in total. The number of aromatic nitrogens is 4. The van der Waals surface area contributed by atoms with Crippen LogP contribution >= 0.6 is 0 Å². The molecule has 156 valence electrons. The van der Waals surface area contributed by atoms with Crippen LogP contribution in [0.15, 0.2) is 59.9 Å². The monoisotopic (exact) mass is 418 g/mol. The lowest BCUT2D eigenvalue weighted by Crippen LogP contribution is -2.21. The zero-order valence-corrected chi connectivity index (χ0v) is 15.8. The summed E-state index contributed by atoms with van der Waals surface area (Å²) in [6.45, 7) is 0.894. The Morgan fingerprint density at radius 1 is 1.17 bits per heavy atom. The molecule has 0 atom stereocenters. The number of methoxy groups -OCH3 is 1.